The van der Waals surface area contributed by atoms with Gasteiger partial charge < -0.3 is 15.3 Å². The van der Waals surface area contributed by atoms with Gasteiger partial charge in [-0.15, -0.1) is 16.3 Å². The van der Waals surface area contributed by atoms with Gasteiger partial charge in [-0.2, -0.15) is 0 Å². The maximum Gasteiger partial charge on any atom is 0.613 e. The Bertz CT molecular complexity index is 1320. The molecule has 3 aromatic carbocycles. The maximum atomic E-state index is 13.2. The van der Waals surface area contributed by atoms with Crippen molar-refractivity contribution < 1.29 is 28.6 Å². The lowest BCUT2D eigenvalue weighted by molar-refractivity contribution is -0.145. The molecule has 41 heavy (non-hydrogen) atoms. The molecule has 0 spiro atoms. The number of carbonyl (C=O) groups excluding carboxylic acids is 2. The maximum absolute atomic E-state index is 13.2. The summed E-state index contributed by atoms with van der Waals surface area (Å²) in [6.45, 7) is -0.299. The highest BCUT2D eigenvalue weighted by molar-refractivity contribution is 7.99. The first kappa shape index (κ1) is 30.4. The average Bonchev–Trinajstić information content (AvgIpc) is 2.98. The molecule has 0 radical (unpaired) electrons. The van der Waals surface area contributed by atoms with Crippen LogP contribution < -0.4 is 10.4 Å². The van der Waals surface area contributed by atoms with Crippen LogP contribution in [0.5, 0.6) is 0 Å². The first-order valence-corrected chi connectivity index (χ1v) is 15.6. The van der Waals surface area contributed by atoms with E-state index in [1.807, 2.05) is 78.9 Å². The Morgan fingerprint density at radius 1 is 1.00 bits per heavy atom. The van der Waals surface area contributed by atoms with Gasteiger partial charge in [0.1, 0.15) is 24.6 Å². The van der Waals surface area contributed by atoms with Gasteiger partial charge in [-0.25, -0.2) is 0 Å². The zero-order valence-electron chi connectivity index (χ0n) is 22.4. The van der Waals surface area contributed by atoms with Gasteiger partial charge in [0.25, 0.3) is 5.91 Å². The molecule has 0 bridgehead atoms. The Kier molecular flexibility index (Phi) is 11.5. The fraction of sp³-hybridized carbons (Fsp3) is 0.300. The molecular formula is C30H33N3O6PS+. The van der Waals surface area contributed by atoms with Gasteiger partial charge in [0.15, 0.2) is 0 Å². The topological polar surface area (TPSA) is 125 Å². The average molecular weight is 595 g/mol. The molecule has 1 aliphatic rings. The highest BCUT2D eigenvalue weighted by Gasteiger charge is 2.41. The first-order valence-electron chi connectivity index (χ1n) is 13.4. The SMILES string of the molecule is O=C(O)CN1C(=O)C(N[P+](=O)OCCCC(Cc2ccccc2)NC(=O)c2ccccc2)CSC1c1ccccc1. The van der Waals surface area contributed by atoms with E-state index in [4.69, 9.17) is 4.52 Å². The minimum atomic E-state index is -2.37. The molecular weight excluding hydrogens is 561 g/mol. The number of hydrogen-bond donors (Lipinski definition) is 3. The Morgan fingerprint density at radius 2 is 1.63 bits per heavy atom. The minimum Gasteiger partial charge on any atom is -0.480 e. The summed E-state index contributed by atoms with van der Waals surface area (Å²) < 4.78 is 18.2. The van der Waals surface area contributed by atoms with Gasteiger partial charge >= 0.3 is 14.1 Å². The van der Waals surface area contributed by atoms with E-state index in [1.165, 1.54) is 16.7 Å². The molecule has 0 aliphatic carbocycles. The molecule has 0 saturated carbocycles. The fourth-order valence-corrected chi connectivity index (χ4v) is 6.84. The first-order chi connectivity index (χ1) is 19.9. The number of benzene rings is 3. The number of rotatable bonds is 14. The van der Waals surface area contributed by atoms with Crippen LogP contribution in [0.15, 0.2) is 91.0 Å². The second-order valence-electron chi connectivity index (χ2n) is 9.60. The van der Waals surface area contributed by atoms with E-state index in [2.05, 4.69) is 10.4 Å². The molecule has 4 unspecified atom stereocenters. The van der Waals surface area contributed by atoms with Gasteiger partial charge in [-0.3, -0.25) is 14.4 Å². The molecule has 1 saturated heterocycles. The predicted octanol–water partition coefficient (Wildman–Crippen LogP) is 4.80. The molecule has 4 rings (SSSR count). The lowest BCUT2D eigenvalue weighted by Gasteiger charge is -2.36. The van der Waals surface area contributed by atoms with E-state index in [0.717, 1.165) is 11.1 Å². The molecule has 1 fully saturated rings. The highest BCUT2D eigenvalue weighted by atomic mass is 32.2. The van der Waals surface area contributed by atoms with Gasteiger partial charge in [-0.05, 0) is 47.1 Å². The van der Waals surface area contributed by atoms with Crippen molar-refractivity contribution in [2.45, 2.75) is 36.7 Å². The van der Waals surface area contributed by atoms with E-state index in [0.29, 0.717) is 30.6 Å². The second kappa shape index (κ2) is 15.4. The molecule has 4 atom stereocenters. The molecule has 214 valence electrons. The summed E-state index contributed by atoms with van der Waals surface area (Å²) in [5, 5.41) is 14.8. The molecule has 2 amide bonds. The second-order valence-corrected chi connectivity index (χ2v) is 11.7. The molecule has 9 nitrogen and oxygen atoms in total. The summed E-state index contributed by atoms with van der Waals surface area (Å²) in [6.07, 6.45) is 1.77. The van der Waals surface area contributed by atoms with Crippen LogP contribution >= 0.6 is 19.9 Å². The predicted molar refractivity (Wildman–Crippen MR) is 159 cm³/mol. The lowest BCUT2D eigenvalue weighted by Crippen LogP contribution is -2.52. The van der Waals surface area contributed by atoms with Crippen molar-refractivity contribution in [3.8, 4) is 0 Å². The van der Waals surface area contributed by atoms with Gasteiger partial charge in [0.05, 0.1) is 0 Å². The highest BCUT2D eigenvalue weighted by Crippen LogP contribution is 2.38. The van der Waals surface area contributed by atoms with Crippen LogP contribution in [0.2, 0.25) is 0 Å². The van der Waals surface area contributed by atoms with Crippen LogP contribution in [0.3, 0.4) is 0 Å². The van der Waals surface area contributed by atoms with Crippen molar-refractivity contribution in [2.24, 2.45) is 0 Å². The van der Waals surface area contributed by atoms with E-state index in [9.17, 15) is 24.1 Å². The van der Waals surface area contributed by atoms with Crippen LogP contribution in [-0.2, 0) is 25.1 Å². The Morgan fingerprint density at radius 3 is 2.29 bits per heavy atom. The number of carboxylic acids is 1. The number of nitrogens with zero attached hydrogens (tertiary/aromatic N) is 1. The third-order valence-electron chi connectivity index (χ3n) is 6.54. The Hall–Kier alpha value is -3.56. The zero-order valence-corrected chi connectivity index (χ0v) is 24.1. The Balaban J connectivity index is 1.28. The molecule has 11 heteroatoms. The summed E-state index contributed by atoms with van der Waals surface area (Å²) in [6, 6.07) is 27.1. The van der Waals surface area contributed by atoms with Crippen LogP contribution in [0, 0.1) is 0 Å². The summed E-state index contributed by atoms with van der Waals surface area (Å²) in [4.78, 5) is 38.7. The number of carbonyl (C=O) groups is 3. The molecule has 3 N–H and O–H groups in total. The van der Waals surface area contributed by atoms with Gasteiger partial charge in [-0.1, -0.05) is 84.0 Å². The Labute approximate surface area is 244 Å². The summed E-state index contributed by atoms with van der Waals surface area (Å²) in [5.41, 5.74) is 2.50. The van der Waals surface area contributed by atoms with Crippen molar-refractivity contribution in [3.63, 3.8) is 0 Å². The summed E-state index contributed by atoms with van der Waals surface area (Å²) in [7, 11) is -2.37. The van der Waals surface area contributed by atoms with Gasteiger partial charge in [0.2, 0.25) is 5.91 Å². The standard InChI is InChI=1S/C30H32N3O6PS/c34-27(35)20-33-29(37)26(21-41-30(33)24-15-8-3-9-16-24)32-40(38)39-18-10-17-25(19-22-11-4-1-5-12-22)31-28(36)23-13-6-2-7-14-23/h1-9,11-16,25-26,30H,10,17-21H2,(H2-,31,32,34,35,36,38)/p+1. The smallest absolute Gasteiger partial charge is 0.480 e. The quantitative estimate of drug-likeness (QED) is 0.180. The normalized spacial score (nSPS) is 18.0. The lowest BCUT2D eigenvalue weighted by atomic mass is 10.0. The molecule has 3 aromatic rings. The van der Waals surface area contributed by atoms with Crippen molar-refractivity contribution in [1.29, 1.82) is 0 Å². The number of thioether (sulfide) groups is 1. The van der Waals surface area contributed by atoms with Crippen LogP contribution in [0.25, 0.3) is 0 Å². The minimum absolute atomic E-state index is 0.157. The van der Waals surface area contributed by atoms with Gasteiger partial charge in [0, 0.05) is 17.4 Å². The monoisotopic (exact) mass is 594 g/mol. The zero-order chi connectivity index (χ0) is 29.0. The van der Waals surface area contributed by atoms with Crippen LogP contribution in [0.4, 0.5) is 0 Å². The number of carboxylic acid groups (broad SMARTS) is 1. The number of aliphatic carboxylic acids is 1. The van der Waals surface area contributed by atoms with Crippen molar-refractivity contribution in [2.75, 3.05) is 18.9 Å². The van der Waals surface area contributed by atoms with E-state index in [1.54, 1.807) is 12.1 Å². The molecule has 1 heterocycles. The third-order valence-corrected chi connectivity index (χ3v) is 8.85. The molecule has 0 aromatic heterocycles. The van der Waals surface area contributed by atoms with Crippen molar-refractivity contribution in [1.82, 2.24) is 15.3 Å². The van der Waals surface area contributed by atoms with Crippen LogP contribution in [-0.4, -0.2) is 58.8 Å². The van der Waals surface area contributed by atoms with E-state index >= 15 is 0 Å². The number of hydrogen-bond acceptors (Lipinski definition) is 6. The van der Waals surface area contributed by atoms with E-state index < -0.39 is 38.0 Å². The largest absolute Gasteiger partial charge is 0.613 e. The summed E-state index contributed by atoms with van der Waals surface area (Å²) >= 11 is 1.41. The van der Waals surface area contributed by atoms with E-state index in [-0.39, 0.29) is 18.6 Å². The van der Waals surface area contributed by atoms with Crippen LogP contribution in [0.1, 0.15) is 39.7 Å². The number of amides is 2. The van der Waals surface area contributed by atoms with Crippen molar-refractivity contribution >= 4 is 37.7 Å². The number of nitrogens with one attached hydrogen (secondary N) is 2. The van der Waals surface area contributed by atoms with Crippen molar-refractivity contribution in [3.05, 3.63) is 108 Å². The third kappa shape index (κ3) is 9.23. The fourth-order valence-electron chi connectivity index (χ4n) is 4.58. The summed E-state index contributed by atoms with van der Waals surface area (Å²) in [5.74, 6) is -1.39. The molecule has 1 aliphatic heterocycles.